The second kappa shape index (κ2) is 15.4. The van der Waals surface area contributed by atoms with Crippen molar-refractivity contribution in [3.05, 3.63) is 177 Å². The van der Waals surface area contributed by atoms with Crippen molar-refractivity contribution in [2.24, 2.45) is 0 Å². The van der Waals surface area contributed by atoms with E-state index in [4.69, 9.17) is 0 Å². The molecular formula is C69H76BN3. The minimum absolute atomic E-state index is 0.00970. The van der Waals surface area contributed by atoms with E-state index in [0.29, 0.717) is 0 Å². The maximum Gasteiger partial charge on any atom is 0.252 e. The fourth-order valence-corrected chi connectivity index (χ4v) is 13.6. The van der Waals surface area contributed by atoms with Crippen molar-refractivity contribution < 1.29 is 0 Å². The zero-order valence-corrected chi connectivity index (χ0v) is 47.0. The first-order chi connectivity index (χ1) is 34.2. The summed E-state index contributed by atoms with van der Waals surface area (Å²) in [4.78, 5) is 5.20. The minimum atomic E-state index is -0.171. The first kappa shape index (κ1) is 47.7. The van der Waals surface area contributed by atoms with Crippen LogP contribution in [0.3, 0.4) is 0 Å². The zero-order chi connectivity index (χ0) is 51.9. The number of anilines is 6. The van der Waals surface area contributed by atoms with Gasteiger partial charge in [-0.1, -0.05) is 171 Å². The Labute approximate surface area is 437 Å². The number of nitrogens with zero attached hydrogens (tertiary/aromatic N) is 3. The fraction of sp³-hybridized carbons (Fsp3) is 0.362. The topological polar surface area (TPSA) is 11.4 Å². The lowest BCUT2D eigenvalue weighted by Gasteiger charge is -2.45. The highest BCUT2D eigenvalue weighted by Gasteiger charge is 2.48. The number of fused-ring (bicyclic) bond motifs is 10. The number of aromatic nitrogens is 1. The second-order valence-corrected chi connectivity index (χ2v) is 27.6. The van der Waals surface area contributed by atoms with Gasteiger partial charge in [-0.3, -0.25) is 0 Å². The highest BCUT2D eigenvalue weighted by Crippen LogP contribution is 2.56. The van der Waals surface area contributed by atoms with Gasteiger partial charge in [0, 0.05) is 61.7 Å². The van der Waals surface area contributed by atoms with Gasteiger partial charge in [0.2, 0.25) is 0 Å². The average molecular weight is 958 g/mol. The summed E-state index contributed by atoms with van der Waals surface area (Å²) in [6, 6.07) is 50.7. The van der Waals surface area contributed by atoms with Crippen LogP contribution in [0.2, 0.25) is 0 Å². The summed E-state index contributed by atoms with van der Waals surface area (Å²) >= 11 is 0. The first-order valence-corrected chi connectivity index (χ1v) is 27.3. The average Bonchev–Trinajstić information content (AvgIpc) is 3.79. The van der Waals surface area contributed by atoms with Gasteiger partial charge in [-0.15, -0.1) is 0 Å². The summed E-state index contributed by atoms with van der Waals surface area (Å²) in [7, 11) is 0. The van der Waals surface area contributed by atoms with Crippen LogP contribution < -0.4 is 26.2 Å². The number of hydrogen-bond acceptors (Lipinski definition) is 2. The lowest BCUT2D eigenvalue weighted by Crippen LogP contribution is -2.60. The van der Waals surface area contributed by atoms with E-state index in [0.717, 1.165) is 23.5 Å². The van der Waals surface area contributed by atoms with E-state index < -0.39 is 0 Å². The molecule has 8 aromatic rings. The monoisotopic (exact) mass is 958 g/mol. The molecule has 4 aliphatic rings. The quantitative estimate of drug-likeness (QED) is 0.163. The molecule has 0 unspecified atom stereocenters. The van der Waals surface area contributed by atoms with Gasteiger partial charge in [-0.05, 0) is 181 Å². The van der Waals surface area contributed by atoms with Crippen LogP contribution >= 0.6 is 0 Å². The summed E-state index contributed by atoms with van der Waals surface area (Å²) in [6.45, 7) is 40.5. The number of rotatable bonds is 4. The largest absolute Gasteiger partial charge is 0.311 e. The van der Waals surface area contributed by atoms with Crippen molar-refractivity contribution in [1.82, 2.24) is 4.57 Å². The highest BCUT2D eigenvalue weighted by molar-refractivity contribution is 7.00. The summed E-state index contributed by atoms with van der Waals surface area (Å²) in [6.07, 6.45) is 2.35. The van der Waals surface area contributed by atoms with Crippen LogP contribution in [0.5, 0.6) is 0 Å². The summed E-state index contributed by atoms with van der Waals surface area (Å²) in [5, 5.41) is 1.40. The minimum Gasteiger partial charge on any atom is -0.311 e. The Kier molecular flexibility index (Phi) is 10.1. The van der Waals surface area contributed by atoms with E-state index in [9.17, 15) is 0 Å². The van der Waals surface area contributed by atoms with Crippen molar-refractivity contribution in [2.45, 2.75) is 163 Å². The van der Waals surface area contributed by atoms with Crippen LogP contribution in [0.1, 0.15) is 167 Å². The third-order valence-corrected chi connectivity index (χ3v) is 18.0. The third-order valence-electron chi connectivity index (χ3n) is 18.0. The molecule has 2 aliphatic heterocycles. The van der Waals surface area contributed by atoms with E-state index in [1.165, 1.54) is 118 Å². The van der Waals surface area contributed by atoms with Crippen molar-refractivity contribution in [3.8, 4) is 16.9 Å². The van der Waals surface area contributed by atoms with Gasteiger partial charge in [-0.25, -0.2) is 0 Å². The molecule has 0 atom stereocenters. The number of hydrogen-bond donors (Lipinski definition) is 0. The SMILES string of the molecule is Cc1cc2c3c(c1)-n1c4c(c5cc(C(C)(C)C)cc(c51)B3c1ccc(N(c3ccc(C(C)(C)C)cc3)c3ccc(C(C)(C)C)cc3)cc1N2c1cc2c(cc1C)C(C)(C)CCC2(C)C)C(C)(C)c1ccccc1-4. The molecule has 4 heteroatoms. The van der Waals surface area contributed by atoms with Gasteiger partial charge >= 0.3 is 0 Å². The number of benzene rings is 7. The normalized spacial score (nSPS) is 16.7. The van der Waals surface area contributed by atoms with Crippen LogP contribution in [0.15, 0.2) is 127 Å². The van der Waals surface area contributed by atoms with Gasteiger partial charge in [0.1, 0.15) is 0 Å². The lowest BCUT2D eigenvalue weighted by molar-refractivity contribution is 0.332. The Morgan fingerprint density at radius 3 is 1.63 bits per heavy atom. The van der Waals surface area contributed by atoms with Crippen molar-refractivity contribution in [2.75, 3.05) is 9.80 Å². The molecule has 3 nitrogen and oxygen atoms in total. The highest BCUT2D eigenvalue weighted by atomic mass is 15.2. The van der Waals surface area contributed by atoms with Crippen molar-refractivity contribution in [1.29, 1.82) is 0 Å². The van der Waals surface area contributed by atoms with Crippen LogP contribution in [0.25, 0.3) is 27.8 Å². The molecule has 370 valence electrons. The zero-order valence-electron chi connectivity index (χ0n) is 47.0. The molecule has 12 rings (SSSR count). The molecule has 1 aromatic heterocycles. The fourth-order valence-electron chi connectivity index (χ4n) is 13.6. The van der Waals surface area contributed by atoms with Gasteiger partial charge in [0.25, 0.3) is 6.71 Å². The van der Waals surface area contributed by atoms with E-state index in [2.05, 4.69) is 259 Å². The predicted molar refractivity (Wildman–Crippen MR) is 316 cm³/mol. The van der Waals surface area contributed by atoms with Gasteiger partial charge in [0.05, 0.1) is 5.69 Å². The van der Waals surface area contributed by atoms with E-state index in [-0.39, 0.29) is 39.2 Å². The van der Waals surface area contributed by atoms with E-state index in [1.54, 1.807) is 0 Å². The maximum atomic E-state index is 2.72. The molecule has 0 N–H and O–H groups in total. The number of aryl methyl sites for hydroxylation is 2. The lowest BCUT2D eigenvalue weighted by atomic mass is 9.33. The standard InChI is InChI=1S/C69H76BN3/c1-41-34-58-61-59(35-41)73-62-50(60-63(73)49-20-18-19-21-51(49)69(60,16)17)37-45(66(9,10)11)38-55(62)70(61)54-31-30-48(39-57(54)72(58)56-40-53-52(36-42(56)2)67(12,13)32-33-68(53,14)15)71(46-26-22-43(23-27-46)64(3,4)5)47-28-24-44(25-29-47)65(6,7)8/h18-31,34-40H,32-33H2,1-17H3. The van der Waals surface area contributed by atoms with Gasteiger partial charge in [-0.2, -0.15) is 0 Å². The molecule has 3 heterocycles. The van der Waals surface area contributed by atoms with E-state index >= 15 is 0 Å². The Balaban J connectivity index is 1.19. The molecular weight excluding hydrogens is 882 g/mol. The molecule has 0 fully saturated rings. The summed E-state index contributed by atoms with van der Waals surface area (Å²) in [5.41, 5.74) is 29.3. The predicted octanol–water partition coefficient (Wildman–Crippen LogP) is 16.9. The molecule has 73 heavy (non-hydrogen) atoms. The molecule has 0 amide bonds. The Morgan fingerprint density at radius 1 is 0.493 bits per heavy atom. The molecule has 2 aliphatic carbocycles. The maximum absolute atomic E-state index is 2.72. The Bertz CT molecular complexity index is 3550. The third kappa shape index (κ3) is 7.04. The van der Waals surface area contributed by atoms with Crippen LogP contribution in [-0.2, 0) is 32.5 Å². The molecule has 0 radical (unpaired) electrons. The van der Waals surface area contributed by atoms with Crippen LogP contribution in [-0.4, -0.2) is 11.3 Å². The van der Waals surface area contributed by atoms with Crippen LogP contribution in [0, 0.1) is 13.8 Å². The van der Waals surface area contributed by atoms with Gasteiger partial charge in [0.15, 0.2) is 0 Å². The van der Waals surface area contributed by atoms with Crippen molar-refractivity contribution >= 4 is 68.1 Å². The first-order valence-electron chi connectivity index (χ1n) is 27.3. The second-order valence-electron chi connectivity index (χ2n) is 27.6. The van der Waals surface area contributed by atoms with E-state index in [1.807, 2.05) is 0 Å². The molecule has 7 aromatic carbocycles. The van der Waals surface area contributed by atoms with Crippen LogP contribution in [0.4, 0.5) is 34.1 Å². The Morgan fingerprint density at radius 2 is 1.04 bits per heavy atom. The summed E-state index contributed by atoms with van der Waals surface area (Å²) in [5.74, 6) is 0. The van der Waals surface area contributed by atoms with Gasteiger partial charge < -0.3 is 14.4 Å². The molecule has 0 saturated heterocycles. The molecule has 0 bridgehead atoms. The summed E-state index contributed by atoms with van der Waals surface area (Å²) < 4.78 is 2.72. The molecule has 0 spiro atoms. The molecule has 0 saturated carbocycles. The smallest absolute Gasteiger partial charge is 0.252 e. The van der Waals surface area contributed by atoms with Crippen molar-refractivity contribution in [3.63, 3.8) is 0 Å². The Hall–Kier alpha value is -6.26.